The lowest BCUT2D eigenvalue weighted by Gasteiger charge is -2.24. The molecular formula is C22H20F2N4O2. The Balaban J connectivity index is 1.65. The van der Waals surface area contributed by atoms with Gasteiger partial charge in [-0.25, -0.2) is 18.7 Å². The number of ether oxygens (including phenoxy) is 1. The Hall–Kier alpha value is -3.10. The summed E-state index contributed by atoms with van der Waals surface area (Å²) < 4.78 is 43.2. The summed E-state index contributed by atoms with van der Waals surface area (Å²) in [6.45, 7) is 4.02. The first kappa shape index (κ1) is 18.9. The highest BCUT2D eigenvalue weighted by Crippen LogP contribution is 2.33. The van der Waals surface area contributed by atoms with Crippen molar-refractivity contribution in [2.24, 2.45) is 0 Å². The maximum absolute atomic E-state index is 15.2. The average Bonchev–Trinajstić information content (AvgIpc) is 3.37. The highest BCUT2D eigenvalue weighted by molar-refractivity contribution is 5.71. The quantitative estimate of drug-likeness (QED) is 0.555. The number of hydrogen-bond acceptors (Lipinski definition) is 5. The lowest BCUT2D eigenvalue weighted by molar-refractivity contribution is 0.0286. The molecule has 0 aliphatic carbocycles. The zero-order valence-electron chi connectivity index (χ0n) is 16.4. The van der Waals surface area contributed by atoms with Gasteiger partial charge in [0.15, 0.2) is 0 Å². The van der Waals surface area contributed by atoms with Crippen LogP contribution in [0.25, 0.3) is 28.4 Å². The van der Waals surface area contributed by atoms with Crippen LogP contribution in [-0.4, -0.2) is 40.2 Å². The zero-order valence-corrected chi connectivity index (χ0v) is 16.4. The molecule has 3 aromatic heterocycles. The standard InChI is InChI=1S/C22H20F2N4O2/c1-13-2-5-28-18(11-15-12-25-3-6-29-15)21(27-19(28)8-13)20-16(23)9-14(10-17(20)24)22-26-4-7-30-22/h2,4-5,7-10,15,25H,3,6,11-12H2,1H3. The van der Waals surface area contributed by atoms with E-state index in [0.29, 0.717) is 30.9 Å². The van der Waals surface area contributed by atoms with Crippen molar-refractivity contribution >= 4 is 5.65 Å². The Morgan fingerprint density at radius 2 is 2.07 bits per heavy atom. The Morgan fingerprint density at radius 3 is 2.77 bits per heavy atom. The second kappa shape index (κ2) is 7.62. The van der Waals surface area contributed by atoms with Gasteiger partial charge in [0.1, 0.15) is 23.5 Å². The van der Waals surface area contributed by atoms with Crippen LogP contribution in [0.15, 0.2) is 47.3 Å². The molecule has 5 rings (SSSR count). The third-order valence-corrected chi connectivity index (χ3v) is 5.26. The number of halogens is 2. The number of imidazole rings is 1. The summed E-state index contributed by atoms with van der Waals surface area (Å²) in [6.07, 6.45) is 5.05. The van der Waals surface area contributed by atoms with Crippen LogP contribution in [0, 0.1) is 18.6 Å². The molecule has 1 saturated heterocycles. The lowest BCUT2D eigenvalue weighted by atomic mass is 10.0. The summed E-state index contributed by atoms with van der Waals surface area (Å²) in [5.74, 6) is -1.27. The van der Waals surface area contributed by atoms with E-state index in [2.05, 4.69) is 15.3 Å². The van der Waals surface area contributed by atoms with Gasteiger partial charge in [-0.15, -0.1) is 0 Å². The van der Waals surface area contributed by atoms with Crippen molar-refractivity contribution in [3.63, 3.8) is 0 Å². The molecule has 154 valence electrons. The van der Waals surface area contributed by atoms with E-state index in [1.807, 2.05) is 29.7 Å². The number of hydrogen-bond donors (Lipinski definition) is 1. The molecule has 8 heteroatoms. The van der Waals surface area contributed by atoms with E-state index in [9.17, 15) is 0 Å². The molecule has 1 aliphatic rings. The fourth-order valence-electron chi connectivity index (χ4n) is 3.85. The van der Waals surface area contributed by atoms with Crippen LogP contribution in [-0.2, 0) is 11.2 Å². The Morgan fingerprint density at radius 1 is 1.23 bits per heavy atom. The molecule has 0 bridgehead atoms. The van der Waals surface area contributed by atoms with Crippen molar-refractivity contribution in [1.82, 2.24) is 19.7 Å². The molecule has 0 amide bonds. The minimum Gasteiger partial charge on any atom is -0.445 e. The topological polar surface area (TPSA) is 64.6 Å². The van der Waals surface area contributed by atoms with E-state index in [0.717, 1.165) is 12.1 Å². The normalized spacial score (nSPS) is 17.0. The minimum atomic E-state index is -0.715. The van der Waals surface area contributed by atoms with Crippen molar-refractivity contribution in [2.45, 2.75) is 19.4 Å². The van der Waals surface area contributed by atoms with Crippen molar-refractivity contribution in [3.8, 4) is 22.7 Å². The smallest absolute Gasteiger partial charge is 0.226 e. The van der Waals surface area contributed by atoms with Gasteiger partial charge in [-0.05, 0) is 36.8 Å². The number of aromatic nitrogens is 3. The van der Waals surface area contributed by atoms with Gasteiger partial charge in [0.25, 0.3) is 0 Å². The average molecular weight is 410 g/mol. The number of oxazole rings is 1. The molecule has 4 aromatic rings. The van der Waals surface area contributed by atoms with Crippen LogP contribution in [0.1, 0.15) is 11.3 Å². The first-order valence-electron chi connectivity index (χ1n) is 9.79. The van der Waals surface area contributed by atoms with E-state index >= 15 is 8.78 Å². The van der Waals surface area contributed by atoms with E-state index in [-0.39, 0.29) is 28.8 Å². The Bertz CT molecular complexity index is 1170. The Kier molecular flexibility index (Phi) is 4.80. The number of rotatable bonds is 4. The molecule has 0 spiro atoms. The van der Waals surface area contributed by atoms with Crippen LogP contribution >= 0.6 is 0 Å². The van der Waals surface area contributed by atoms with Crippen LogP contribution in [0.4, 0.5) is 8.78 Å². The molecule has 1 unspecified atom stereocenters. The number of fused-ring (bicyclic) bond motifs is 1. The molecule has 1 N–H and O–H groups in total. The SMILES string of the molecule is Cc1ccn2c(CC3CNCCO3)c(-c3c(F)cc(-c4ncco4)cc3F)nc2c1. The summed E-state index contributed by atoms with van der Waals surface area (Å²) in [5, 5.41) is 3.29. The molecule has 1 aromatic carbocycles. The highest BCUT2D eigenvalue weighted by Gasteiger charge is 2.25. The van der Waals surface area contributed by atoms with E-state index in [1.54, 1.807) is 0 Å². The van der Waals surface area contributed by atoms with Gasteiger partial charge >= 0.3 is 0 Å². The van der Waals surface area contributed by atoms with Crippen LogP contribution in [0.2, 0.25) is 0 Å². The first-order valence-corrected chi connectivity index (χ1v) is 9.79. The molecule has 4 heterocycles. The van der Waals surface area contributed by atoms with Crippen molar-refractivity contribution in [2.75, 3.05) is 19.7 Å². The fraction of sp³-hybridized carbons (Fsp3) is 0.273. The second-order valence-electron chi connectivity index (χ2n) is 7.39. The minimum absolute atomic E-state index is 0.101. The molecule has 1 fully saturated rings. The molecule has 30 heavy (non-hydrogen) atoms. The summed E-state index contributed by atoms with van der Waals surface area (Å²) in [6, 6.07) is 6.29. The number of morpholine rings is 1. The van der Waals surface area contributed by atoms with Crippen LogP contribution in [0.3, 0.4) is 0 Å². The van der Waals surface area contributed by atoms with Crippen molar-refractivity contribution in [1.29, 1.82) is 0 Å². The van der Waals surface area contributed by atoms with Crippen LogP contribution < -0.4 is 5.32 Å². The van der Waals surface area contributed by atoms with Gasteiger partial charge in [0.05, 0.1) is 35.9 Å². The fourth-order valence-corrected chi connectivity index (χ4v) is 3.85. The number of benzene rings is 1. The largest absolute Gasteiger partial charge is 0.445 e. The maximum Gasteiger partial charge on any atom is 0.226 e. The Labute approximate surface area is 171 Å². The second-order valence-corrected chi connectivity index (χ2v) is 7.39. The third-order valence-electron chi connectivity index (χ3n) is 5.26. The number of aryl methyl sites for hydroxylation is 1. The first-order chi connectivity index (χ1) is 14.6. The van der Waals surface area contributed by atoms with Gasteiger partial charge in [-0.2, -0.15) is 0 Å². The van der Waals surface area contributed by atoms with Crippen LogP contribution in [0.5, 0.6) is 0 Å². The van der Waals surface area contributed by atoms with E-state index < -0.39 is 11.6 Å². The van der Waals surface area contributed by atoms with E-state index in [4.69, 9.17) is 9.15 Å². The predicted molar refractivity (Wildman–Crippen MR) is 107 cm³/mol. The summed E-state index contributed by atoms with van der Waals surface area (Å²) in [4.78, 5) is 8.56. The summed E-state index contributed by atoms with van der Waals surface area (Å²) in [7, 11) is 0. The molecule has 6 nitrogen and oxygen atoms in total. The summed E-state index contributed by atoms with van der Waals surface area (Å²) >= 11 is 0. The molecular weight excluding hydrogens is 390 g/mol. The number of nitrogens with zero attached hydrogens (tertiary/aromatic N) is 3. The lowest BCUT2D eigenvalue weighted by Crippen LogP contribution is -2.39. The van der Waals surface area contributed by atoms with Gasteiger partial charge in [0.2, 0.25) is 5.89 Å². The predicted octanol–water partition coefficient (Wildman–Crippen LogP) is 3.77. The molecule has 1 aliphatic heterocycles. The molecule has 1 atom stereocenters. The molecule has 0 saturated carbocycles. The highest BCUT2D eigenvalue weighted by atomic mass is 19.1. The van der Waals surface area contributed by atoms with Gasteiger partial charge in [-0.1, -0.05) is 0 Å². The van der Waals surface area contributed by atoms with Gasteiger partial charge in [-0.3, -0.25) is 0 Å². The van der Waals surface area contributed by atoms with Gasteiger partial charge < -0.3 is 18.9 Å². The summed E-state index contributed by atoms with van der Waals surface area (Å²) in [5.41, 5.74) is 2.72. The van der Waals surface area contributed by atoms with Crippen molar-refractivity contribution in [3.05, 3.63) is 65.8 Å². The van der Waals surface area contributed by atoms with Crippen molar-refractivity contribution < 1.29 is 17.9 Å². The van der Waals surface area contributed by atoms with Gasteiger partial charge in [0, 0.05) is 31.3 Å². The third kappa shape index (κ3) is 3.38. The van der Waals surface area contributed by atoms with E-state index in [1.165, 1.54) is 24.6 Å². The molecule has 0 radical (unpaired) electrons. The number of pyridine rings is 1. The zero-order chi connectivity index (χ0) is 20.7. The maximum atomic E-state index is 15.2. The monoisotopic (exact) mass is 410 g/mol. The number of nitrogens with one attached hydrogen (secondary N) is 1.